The predicted octanol–water partition coefficient (Wildman–Crippen LogP) is 2.57. The van der Waals surface area contributed by atoms with Crippen LogP contribution in [0.1, 0.15) is 38.5 Å². The molecule has 24 heavy (non-hydrogen) atoms. The SMILES string of the molecule is O=C(C[NH2+]C12CC3CC(CC(C3)C1)C2)Nc1ccc(F)c(F)c1F. The molecule has 3 N–H and O–H groups in total. The van der Waals surface area contributed by atoms with E-state index in [4.69, 9.17) is 0 Å². The highest BCUT2D eigenvalue weighted by Crippen LogP contribution is 2.54. The van der Waals surface area contributed by atoms with E-state index < -0.39 is 17.5 Å². The van der Waals surface area contributed by atoms with Gasteiger partial charge >= 0.3 is 0 Å². The quantitative estimate of drug-likeness (QED) is 0.814. The minimum Gasteiger partial charge on any atom is -0.334 e. The molecule has 0 atom stereocenters. The molecule has 4 saturated carbocycles. The van der Waals surface area contributed by atoms with Gasteiger partial charge in [-0.1, -0.05) is 0 Å². The lowest BCUT2D eigenvalue weighted by Crippen LogP contribution is -3.00. The number of carbonyl (C=O) groups excluding carboxylic acids is 1. The first-order valence-electron chi connectivity index (χ1n) is 8.72. The third-order valence-corrected chi connectivity index (χ3v) is 6.12. The number of amides is 1. The molecule has 4 bridgehead atoms. The van der Waals surface area contributed by atoms with Crippen LogP contribution in [0.2, 0.25) is 0 Å². The average Bonchev–Trinajstić information content (AvgIpc) is 2.52. The van der Waals surface area contributed by atoms with E-state index >= 15 is 0 Å². The van der Waals surface area contributed by atoms with Crippen LogP contribution in [0.25, 0.3) is 0 Å². The van der Waals surface area contributed by atoms with E-state index in [2.05, 4.69) is 10.6 Å². The molecule has 0 spiro atoms. The van der Waals surface area contributed by atoms with E-state index in [1.807, 2.05) is 0 Å². The van der Waals surface area contributed by atoms with Crippen molar-refractivity contribution in [2.45, 2.75) is 44.1 Å². The zero-order valence-electron chi connectivity index (χ0n) is 13.5. The summed E-state index contributed by atoms with van der Waals surface area (Å²) in [4.78, 5) is 12.1. The number of hydrogen-bond acceptors (Lipinski definition) is 1. The number of halogens is 3. The summed E-state index contributed by atoms with van der Waals surface area (Å²) >= 11 is 0. The standard InChI is InChI=1S/C18H21F3N2O/c19-13-1-2-14(17(21)16(13)20)23-15(24)9-22-18-6-10-3-11(7-18)5-12(4-10)8-18/h1-2,10-12,22H,3-9H2,(H,23,24)/p+1. The van der Waals surface area contributed by atoms with E-state index in [0.717, 1.165) is 49.1 Å². The van der Waals surface area contributed by atoms with Gasteiger partial charge in [0, 0.05) is 19.3 Å². The largest absolute Gasteiger partial charge is 0.334 e. The molecule has 3 nitrogen and oxygen atoms in total. The van der Waals surface area contributed by atoms with Gasteiger partial charge in [0.1, 0.15) is 0 Å². The summed E-state index contributed by atoms with van der Waals surface area (Å²) in [5.41, 5.74) is -0.156. The van der Waals surface area contributed by atoms with Crippen molar-refractivity contribution in [2.75, 3.05) is 11.9 Å². The van der Waals surface area contributed by atoms with Crippen LogP contribution in [0.3, 0.4) is 0 Å². The van der Waals surface area contributed by atoms with Gasteiger partial charge < -0.3 is 10.6 Å². The van der Waals surface area contributed by atoms with Crippen LogP contribution >= 0.6 is 0 Å². The van der Waals surface area contributed by atoms with Gasteiger partial charge in [0.05, 0.1) is 11.2 Å². The number of rotatable bonds is 4. The van der Waals surface area contributed by atoms with Crippen molar-refractivity contribution in [3.63, 3.8) is 0 Å². The van der Waals surface area contributed by atoms with Crippen LogP contribution in [0.5, 0.6) is 0 Å². The van der Waals surface area contributed by atoms with E-state index in [9.17, 15) is 18.0 Å². The second kappa shape index (κ2) is 5.76. The first-order chi connectivity index (χ1) is 11.4. The maximum atomic E-state index is 13.6. The Labute approximate surface area is 139 Å². The Bertz CT molecular complexity index is 641. The maximum absolute atomic E-state index is 13.6. The van der Waals surface area contributed by atoms with Crippen LogP contribution in [0.15, 0.2) is 12.1 Å². The summed E-state index contributed by atoms with van der Waals surface area (Å²) in [7, 11) is 0. The van der Waals surface area contributed by atoms with Crippen LogP contribution in [-0.2, 0) is 4.79 Å². The first kappa shape index (κ1) is 15.9. The average molecular weight is 339 g/mol. The molecule has 130 valence electrons. The van der Waals surface area contributed by atoms with Crippen molar-refractivity contribution in [1.82, 2.24) is 0 Å². The third kappa shape index (κ3) is 2.81. The number of carbonyl (C=O) groups is 1. The zero-order valence-corrected chi connectivity index (χ0v) is 13.5. The van der Waals surface area contributed by atoms with Gasteiger partial charge in [-0.2, -0.15) is 0 Å². The van der Waals surface area contributed by atoms with Crippen molar-refractivity contribution in [3.05, 3.63) is 29.6 Å². The van der Waals surface area contributed by atoms with Crippen LogP contribution in [0, 0.1) is 35.2 Å². The number of nitrogens with two attached hydrogens (primary N) is 1. The third-order valence-electron chi connectivity index (χ3n) is 6.12. The molecule has 0 heterocycles. The Kier molecular flexibility index (Phi) is 3.82. The minimum atomic E-state index is -1.56. The Morgan fingerprint density at radius 2 is 1.62 bits per heavy atom. The minimum absolute atomic E-state index is 0.151. The molecule has 6 heteroatoms. The fourth-order valence-corrected chi connectivity index (χ4v) is 5.56. The van der Waals surface area contributed by atoms with Crippen LogP contribution in [-0.4, -0.2) is 18.0 Å². The summed E-state index contributed by atoms with van der Waals surface area (Å²) in [6.07, 6.45) is 7.47. The Hall–Kier alpha value is -1.56. The van der Waals surface area contributed by atoms with Gasteiger partial charge in [-0.05, 0) is 49.1 Å². The number of nitrogens with one attached hydrogen (secondary N) is 1. The first-order valence-corrected chi connectivity index (χ1v) is 8.72. The Morgan fingerprint density at radius 3 is 2.21 bits per heavy atom. The van der Waals surface area contributed by atoms with Gasteiger partial charge in [0.15, 0.2) is 24.0 Å². The van der Waals surface area contributed by atoms with Crippen molar-refractivity contribution >= 4 is 11.6 Å². The lowest BCUT2D eigenvalue weighted by molar-refractivity contribution is -0.729. The summed E-state index contributed by atoms with van der Waals surface area (Å²) in [5.74, 6) is -2.17. The molecule has 0 saturated heterocycles. The highest BCUT2D eigenvalue weighted by molar-refractivity contribution is 5.91. The molecule has 4 fully saturated rings. The van der Waals surface area contributed by atoms with Crippen LogP contribution in [0.4, 0.5) is 18.9 Å². The predicted molar refractivity (Wildman–Crippen MR) is 82.6 cm³/mol. The monoisotopic (exact) mass is 339 g/mol. The van der Waals surface area contributed by atoms with Gasteiger partial charge in [0.2, 0.25) is 0 Å². The Morgan fingerprint density at radius 1 is 1.04 bits per heavy atom. The molecule has 1 amide bonds. The van der Waals surface area contributed by atoms with E-state index in [-0.39, 0.29) is 23.7 Å². The molecular formula is C18H22F3N2O+. The van der Waals surface area contributed by atoms with E-state index in [1.54, 1.807) is 0 Å². The molecule has 1 aromatic rings. The Balaban J connectivity index is 1.38. The van der Waals surface area contributed by atoms with Gasteiger partial charge in [-0.15, -0.1) is 0 Å². The smallest absolute Gasteiger partial charge is 0.279 e. The highest BCUT2D eigenvalue weighted by atomic mass is 19.2. The van der Waals surface area contributed by atoms with Crippen molar-refractivity contribution < 1.29 is 23.3 Å². The lowest BCUT2D eigenvalue weighted by atomic mass is 9.53. The molecule has 4 aliphatic rings. The molecule has 0 aromatic heterocycles. The lowest BCUT2D eigenvalue weighted by Gasteiger charge is -2.54. The molecule has 1 aromatic carbocycles. The van der Waals surface area contributed by atoms with Crippen molar-refractivity contribution in [3.8, 4) is 0 Å². The van der Waals surface area contributed by atoms with Gasteiger partial charge in [-0.25, -0.2) is 13.2 Å². The summed E-state index contributed by atoms with van der Waals surface area (Å²) in [5, 5.41) is 4.46. The zero-order chi connectivity index (χ0) is 16.9. The molecule has 0 aliphatic heterocycles. The summed E-state index contributed by atoms with van der Waals surface area (Å²) < 4.78 is 39.8. The second-order valence-electron chi connectivity index (χ2n) is 7.96. The van der Waals surface area contributed by atoms with Crippen LogP contribution < -0.4 is 10.6 Å². The molecular weight excluding hydrogens is 317 g/mol. The van der Waals surface area contributed by atoms with Crippen molar-refractivity contribution in [1.29, 1.82) is 0 Å². The summed E-state index contributed by atoms with van der Waals surface area (Å²) in [6.45, 7) is 0.185. The fourth-order valence-electron chi connectivity index (χ4n) is 5.56. The molecule has 4 aliphatic carbocycles. The van der Waals surface area contributed by atoms with Crippen molar-refractivity contribution in [2.24, 2.45) is 17.8 Å². The number of anilines is 1. The molecule has 0 radical (unpaired) electrons. The number of hydrogen-bond donors (Lipinski definition) is 2. The number of quaternary nitrogens is 1. The van der Waals surface area contributed by atoms with E-state index in [1.165, 1.54) is 19.3 Å². The highest BCUT2D eigenvalue weighted by Gasteiger charge is 2.53. The van der Waals surface area contributed by atoms with E-state index in [0.29, 0.717) is 0 Å². The fraction of sp³-hybridized carbons (Fsp3) is 0.611. The number of benzene rings is 1. The van der Waals surface area contributed by atoms with Gasteiger partial charge in [0.25, 0.3) is 5.91 Å². The summed E-state index contributed by atoms with van der Waals surface area (Å²) in [6, 6.07) is 1.87. The normalized spacial score (nSPS) is 33.7. The molecule has 5 rings (SSSR count). The topological polar surface area (TPSA) is 45.7 Å². The maximum Gasteiger partial charge on any atom is 0.279 e. The second-order valence-corrected chi connectivity index (χ2v) is 7.96. The van der Waals surface area contributed by atoms with Gasteiger partial charge in [-0.3, -0.25) is 4.79 Å². The molecule has 0 unspecified atom stereocenters.